The number of nitrogens with one attached hydrogen (secondary N) is 2. The zero-order valence-corrected chi connectivity index (χ0v) is 16.8. The van der Waals surface area contributed by atoms with E-state index in [-0.39, 0.29) is 24.0 Å². The first-order valence-electron chi connectivity index (χ1n) is 9.10. The number of halogens is 1. The molecule has 3 rings (SSSR count). The molecule has 0 radical (unpaired) electrons. The van der Waals surface area contributed by atoms with E-state index in [1.165, 1.54) is 32.1 Å². The van der Waals surface area contributed by atoms with Crippen molar-refractivity contribution in [2.24, 2.45) is 22.7 Å². The van der Waals surface area contributed by atoms with E-state index in [1.54, 1.807) is 0 Å². The van der Waals surface area contributed by atoms with Crippen LogP contribution in [0.2, 0.25) is 0 Å². The predicted molar refractivity (Wildman–Crippen MR) is 106 cm³/mol. The van der Waals surface area contributed by atoms with Crippen LogP contribution < -0.4 is 10.6 Å². The average molecular weight is 436 g/mol. The molecule has 1 aliphatic heterocycles. The van der Waals surface area contributed by atoms with Crippen molar-refractivity contribution >= 4 is 29.9 Å². The zero-order chi connectivity index (χ0) is 15.2. The molecule has 1 saturated heterocycles. The first-order chi connectivity index (χ1) is 10.8. The lowest BCUT2D eigenvalue weighted by molar-refractivity contribution is 0.0389. The number of hydrogen-bond acceptors (Lipinski definition) is 3. The number of ether oxygens (including phenoxy) is 1. The monoisotopic (exact) mass is 436 g/mol. The Labute approximate surface area is 158 Å². The molecule has 1 heterocycles. The van der Waals surface area contributed by atoms with E-state index in [4.69, 9.17) is 4.74 Å². The molecule has 0 spiro atoms. The summed E-state index contributed by atoms with van der Waals surface area (Å²) in [7, 11) is 1.86. The van der Waals surface area contributed by atoms with Crippen molar-refractivity contribution in [2.75, 3.05) is 53.0 Å². The van der Waals surface area contributed by atoms with Gasteiger partial charge in [-0.2, -0.15) is 0 Å². The van der Waals surface area contributed by atoms with E-state index in [1.807, 2.05) is 7.05 Å². The first-order valence-corrected chi connectivity index (χ1v) is 9.10. The van der Waals surface area contributed by atoms with Gasteiger partial charge in [0.25, 0.3) is 0 Å². The van der Waals surface area contributed by atoms with Gasteiger partial charge in [-0.3, -0.25) is 9.89 Å². The lowest BCUT2D eigenvalue weighted by Crippen LogP contribution is -2.44. The molecule has 0 aromatic heterocycles. The van der Waals surface area contributed by atoms with Crippen LogP contribution in [-0.2, 0) is 4.74 Å². The molecule has 2 N–H and O–H groups in total. The Bertz CT molecular complexity index is 374. The highest BCUT2D eigenvalue weighted by molar-refractivity contribution is 14.0. The van der Waals surface area contributed by atoms with E-state index in [9.17, 15) is 0 Å². The van der Waals surface area contributed by atoms with Crippen LogP contribution in [0.25, 0.3) is 0 Å². The molecule has 3 aliphatic rings. The fraction of sp³-hybridized carbons (Fsp3) is 0.941. The van der Waals surface area contributed by atoms with Crippen molar-refractivity contribution in [3.63, 3.8) is 0 Å². The summed E-state index contributed by atoms with van der Waals surface area (Å²) >= 11 is 0. The standard InChI is InChI=1S/C17H32N4O.HI/c1-18-17(20-6-7-21-8-10-22-11-9-21)19-5-4-16-13-14-2-3-15(16)12-14;/h14-16H,2-13H2,1H3,(H2,18,19,20);1H. The highest BCUT2D eigenvalue weighted by atomic mass is 127. The molecular formula is C17H33IN4O. The van der Waals surface area contributed by atoms with Crippen LogP contribution in [0, 0.1) is 17.8 Å². The minimum absolute atomic E-state index is 0. The quantitative estimate of drug-likeness (QED) is 0.380. The minimum atomic E-state index is 0. The summed E-state index contributed by atoms with van der Waals surface area (Å²) in [4.78, 5) is 6.78. The zero-order valence-electron chi connectivity index (χ0n) is 14.4. The van der Waals surface area contributed by atoms with Crippen molar-refractivity contribution in [1.29, 1.82) is 0 Å². The summed E-state index contributed by atoms with van der Waals surface area (Å²) in [5, 5.41) is 6.92. The van der Waals surface area contributed by atoms with Crippen LogP contribution in [-0.4, -0.2) is 63.8 Å². The Morgan fingerprint density at radius 1 is 1.13 bits per heavy atom. The lowest BCUT2D eigenvalue weighted by Gasteiger charge is -2.27. The van der Waals surface area contributed by atoms with Crippen LogP contribution in [0.1, 0.15) is 32.1 Å². The molecule has 2 aliphatic carbocycles. The van der Waals surface area contributed by atoms with E-state index < -0.39 is 0 Å². The Hall–Kier alpha value is -0.0800. The van der Waals surface area contributed by atoms with E-state index in [0.29, 0.717) is 0 Å². The van der Waals surface area contributed by atoms with Crippen LogP contribution in [0.3, 0.4) is 0 Å². The SMILES string of the molecule is CN=C(NCCC1CC2CCC1C2)NCCN1CCOCC1.I. The molecule has 23 heavy (non-hydrogen) atoms. The molecule has 3 unspecified atom stereocenters. The van der Waals surface area contributed by atoms with Crippen molar-refractivity contribution in [3.8, 4) is 0 Å². The van der Waals surface area contributed by atoms with Crippen LogP contribution in [0.5, 0.6) is 0 Å². The summed E-state index contributed by atoms with van der Waals surface area (Å²) in [5.74, 6) is 4.01. The van der Waals surface area contributed by atoms with Crippen molar-refractivity contribution in [3.05, 3.63) is 0 Å². The molecule has 0 aromatic rings. The molecule has 2 saturated carbocycles. The van der Waals surface area contributed by atoms with Crippen molar-refractivity contribution in [1.82, 2.24) is 15.5 Å². The van der Waals surface area contributed by atoms with Gasteiger partial charge in [0.05, 0.1) is 13.2 Å². The van der Waals surface area contributed by atoms with Crippen molar-refractivity contribution in [2.45, 2.75) is 32.1 Å². The van der Waals surface area contributed by atoms with Gasteiger partial charge in [0, 0.05) is 39.8 Å². The summed E-state index contributed by atoms with van der Waals surface area (Å²) in [6.45, 7) is 6.93. The van der Waals surface area contributed by atoms with Gasteiger partial charge in [-0.15, -0.1) is 24.0 Å². The number of morpholine rings is 1. The highest BCUT2D eigenvalue weighted by Crippen LogP contribution is 2.49. The summed E-state index contributed by atoms with van der Waals surface area (Å²) in [5.41, 5.74) is 0. The van der Waals surface area contributed by atoms with Crippen LogP contribution >= 0.6 is 24.0 Å². The lowest BCUT2D eigenvalue weighted by atomic mass is 9.86. The smallest absolute Gasteiger partial charge is 0.191 e. The normalized spacial score (nSPS) is 31.0. The Kier molecular flexibility index (Phi) is 8.40. The van der Waals surface area contributed by atoms with E-state index >= 15 is 0 Å². The highest BCUT2D eigenvalue weighted by Gasteiger charge is 2.38. The maximum Gasteiger partial charge on any atom is 0.191 e. The van der Waals surface area contributed by atoms with Gasteiger partial charge in [0.1, 0.15) is 0 Å². The third-order valence-corrected chi connectivity index (χ3v) is 5.74. The molecular weight excluding hydrogens is 403 g/mol. The average Bonchev–Trinajstić information content (AvgIpc) is 3.17. The molecule has 134 valence electrons. The topological polar surface area (TPSA) is 48.9 Å². The molecule has 5 nitrogen and oxygen atoms in total. The summed E-state index contributed by atoms with van der Waals surface area (Å²) < 4.78 is 5.37. The molecule has 0 amide bonds. The van der Waals surface area contributed by atoms with E-state index in [0.717, 1.165) is 69.7 Å². The van der Waals surface area contributed by atoms with Gasteiger partial charge in [-0.1, -0.05) is 6.42 Å². The number of fused-ring (bicyclic) bond motifs is 2. The minimum Gasteiger partial charge on any atom is -0.379 e. The number of hydrogen-bond donors (Lipinski definition) is 2. The first kappa shape index (κ1) is 19.2. The Morgan fingerprint density at radius 2 is 1.91 bits per heavy atom. The van der Waals surface area contributed by atoms with Gasteiger partial charge in [0.15, 0.2) is 5.96 Å². The van der Waals surface area contributed by atoms with Crippen LogP contribution in [0.4, 0.5) is 0 Å². The van der Waals surface area contributed by atoms with Gasteiger partial charge < -0.3 is 15.4 Å². The molecule has 2 bridgehead atoms. The maximum atomic E-state index is 5.37. The van der Waals surface area contributed by atoms with Crippen molar-refractivity contribution < 1.29 is 4.74 Å². The summed E-state index contributed by atoms with van der Waals surface area (Å²) in [6.07, 6.45) is 7.29. The fourth-order valence-corrected chi connectivity index (χ4v) is 4.48. The largest absolute Gasteiger partial charge is 0.379 e. The fourth-order valence-electron chi connectivity index (χ4n) is 4.48. The second-order valence-corrected chi connectivity index (χ2v) is 7.10. The Balaban J connectivity index is 0.00000192. The number of guanidine groups is 1. The van der Waals surface area contributed by atoms with Gasteiger partial charge in [0.2, 0.25) is 0 Å². The van der Waals surface area contributed by atoms with E-state index in [2.05, 4.69) is 20.5 Å². The van der Waals surface area contributed by atoms with Crippen LogP contribution in [0.15, 0.2) is 4.99 Å². The second kappa shape index (κ2) is 10.0. The number of nitrogens with zero attached hydrogens (tertiary/aromatic N) is 2. The van der Waals surface area contributed by atoms with Gasteiger partial charge in [-0.05, 0) is 43.4 Å². The third kappa shape index (κ3) is 5.74. The Morgan fingerprint density at radius 3 is 2.57 bits per heavy atom. The molecule has 6 heteroatoms. The second-order valence-electron chi connectivity index (χ2n) is 7.10. The molecule has 3 atom stereocenters. The molecule has 3 fully saturated rings. The van der Waals surface area contributed by atoms with Gasteiger partial charge >= 0.3 is 0 Å². The summed E-state index contributed by atoms with van der Waals surface area (Å²) in [6, 6.07) is 0. The maximum absolute atomic E-state index is 5.37. The number of rotatable bonds is 6. The third-order valence-electron chi connectivity index (χ3n) is 5.74. The van der Waals surface area contributed by atoms with Gasteiger partial charge in [-0.25, -0.2) is 0 Å². The molecule has 0 aromatic carbocycles. The predicted octanol–water partition coefficient (Wildman–Crippen LogP) is 1.93. The number of aliphatic imine (C=N–C) groups is 1.